The first kappa shape index (κ1) is 11.9. The van der Waals surface area contributed by atoms with Crippen LogP contribution < -0.4 is 0 Å². The van der Waals surface area contributed by atoms with Gasteiger partial charge in [-0.05, 0) is 24.3 Å². The summed E-state index contributed by atoms with van der Waals surface area (Å²) in [6, 6.07) is 9.36. The number of pyridine rings is 1. The number of aromatic nitrogens is 1. The van der Waals surface area contributed by atoms with Gasteiger partial charge in [0.05, 0.1) is 5.56 Å². The SMILES string of the molecule is O=C(C=C(O)c1ccncc1)c1ccccc1O. The fourth-order valence-electron chi connectivity index (χ4n) is 1.49. The van der Waals surface area contributed by atoms with Crippen LogP contribution in [0.1, 0.15) is 15.9 Å². The summed E-state index contributed by atoms with van der Waals surface area (Å²) in [5.41, 5.74) is 0.645. The van der Waals surface area contributed by atoms with Gasteiger partial charge in [0, 0.05) is 24.0 Å². The number of carbonyl (C=O) groups is 1. The average molecular weight is 241 g/mol. The highest BCUT2D eigenvalue weighted by molar-refractivity contribution is 6.09. The summed E-state index contributed by atoms with van der Waals surface area (Å²) in [5, 5.41) is 19.3. The zero-order chi connectivity index (χ0) is 13.0. The topological polar surface area (TPSA) is 70.4 Å². The van der Waals surface area contributed by atoms with Gasteiger partial charge < -0.3 is 10.2 Å². The number of carbonyl (C=O) groups excluding carboxylic acids is 1. The van der Waals surface area contributed by atoms with Crippen LogP contribution in [0.15, 0.2) is 54.9 Å². The molecule has 2 N–H and O–H groups in total. The zero-order valence-corrected chi connectivity index (χ0v) is 9.45. The van der Waals surface area contributed by atoms with Crippen molar-refractivity contribution >= 4 is 11.5 Å². The summed E-state index contributed by atoms with van der Waals surface area (Å²) in [4.78, 5) is 15.7. The van der Waals surface area contributed by atoms with Crippen LogP contribution in [0.2, 0.25) is 0 Å². The molecule has 0 saturated heterocycles. The number of rotatable bonds is 3. The number of nitrogens with zero attached hydrogens (tertiary/aromatic N) is 1. The third-order valence-electron chi connectivity index (χ3n) is 2.41. The molecule has 0 radical (unpaired) electrons. The molecule has 2 rings (SSSR count). The van der Waals surface area contributed by atoms with E-state index < -0.39 is 5.78 Å². The second kappa shape index (κ2) is 5.14. The van der Waals surface area contributed by atoms with E-state index in [1.807, 2.05) is 0 Å². The number of hydrogen-bond acceptors (Lipinski definition) is 4. The number of allylic oxidation sites excluding steroid dienone is 1. The van der Waals surface area contributed by atoms with Crippen LogP contribution in [0.25, 0.3) is 5.76 Å². The van der Waals surface area contributed by atoms with E-state index in [1.165, 1.54) is 24.5 Å². The van der Waals surface area contributed by atoms with E-state index in [0.717, 1.165) is 6.08 Å². The van der Waals surface area contributed by atoms with Crippen LogP contribution in [0.5, 0.6) is 5.75 Å². The number of phenolic OH excluding ortho intramolecular Hbond substituents is 1. The molecule has 0 fully saturated rings. The molecule has 1 aromatic heterocycles. The minimum absolute atomic E-state index is 0.110. The van der Waals surface area contributed by atoms with Gasteiger partial charge in [0.15, 0.2) is 5.78 Å². The lowest BCUT2D eigenvalue weighted by Crippen LogP contribution is -1.97. The van der Waals surface area contributed by atoms with Crippen LogP contribution in [0.4, 0.5) is 0 Å². The predicted octanol–water partition coefficient (Wildman–Crippen LogP) is 2.57. The van der Waals surface area contributed by atoms with Gasteiger partial charge in [0.1, 0.15) is 11.5 Å². The molecule has 0 amide bonds. The summed E-state index contributed by atoms with van der Waals surface area (Å²) in [7, 11) is 0. The molecule has 0 saturated carbocycles. The number of aliphatic hydroxyl groups is 1. The lowest BCUT2D eigenvalue weighted by Gasteiger charge is -2.01. The maximum Gasteiger partial charge on any atom is 0.193 e. The van der Waals surface area contributed by atoms with Gasteiger partial charge in [0.25, 0.3) is 0 Å². The van der Waals surface area contributed by atoms with E-state index in [2.05, 4.69) is 4.98 Å². The maximum atomic E-state index is 11.8. The quantitative estimate of drug-likeness (QED) is 0.492. The smallest absolute Gasteiger partial charge is 0.193 e. The first-order valence-corrected chi connectivity index (χ1v) is 5.32. The van der Waals surface area contributed by atoms with Crippen molar-refractivity contribution in [2.75, 3.05) is 0 Å². The molecule has 4 heteroatoms. The lowest BCUT2D eigenvalue weighted by atomic mass is 10.1. The summed E-state index contributed by atoms with van der Waals surface area (Å²) in [5.74, 6) is -0.727. The van der Waals surface area contributed by atoms with Gasteiger partial charge >= 0.3 is 0 Å². The van der Waals surface area contributed by atoms with Gasteiger partial charge in [-0.1, -0.05) is 12.1 Å². The number of aliphatic hydroxyl groups excluding tert-OH is 1. The molecular formula is C14H11NO3. The van der Waals surface area contributed by atoms with E-state index in [0.29, 0.717) is 5.56 Å². The second-order valence-electron chi connectivity index (χ2n) is 3.65. The van der Waals surface area contributed by atoms with Crippen molar-refractivity contribution < 1.29 is 15.0 Å². The Balaban J connectivity index is 2.29. The number of hydrogen-bond donors (Lipinski definition) is 2. The van der Waals surface area contributed by atoms with Crippen molar-refractivity contribution in [1.82, 2.24) is 4.98 Å². The fourth-order valence-corrected chi connectivity index (χ4v) is 1.49. The van der Waals surface area contributed by atoms with Crippen LogP contribution >= 0.6 is 0 Å². The highest BCUT2D eigenvalue weighted by Crippen LogP contribution is 2.18. The molecule has 0 aliphatic rings. The molecule has 0 unspecified atom stereocenters. The second-order valence-corrected chi connectivity index (χ2v) is 3.65. The summed E-state index contributed by atoms with van der Waals surface area (Å²) >= 11 is 0. The first-order chi connectivity index (χ1) is 8.68. The Labute approximate surface area is 104 Å². The number of aromatic hydroxyl groups is 1. The Hall–Kier alpha value is -2.62. The zero-order valence-electron chi connectivity index (χ0n) is 9.45. The number of para-hydroxylation sites is 1. The number of phenols is 1. The van der Waals surface area contributed by atoms with Crippen LogP contribution in [-0.2, 0) is 0 Å². The third-order valence-corrected chi connectivity index (χ3v) is 2.41. The maximum absolute atomic E-state index is 11.8. The first-order valence-electron chi connectivity index (χ1n) is 5.32. The Morgan fingerprint density at radius 2 is 1.78 bits per heavy atom. The van der Waals surface area contributed by atoms with Crippen molar-refractivity contribution in [3.05, 3.63) is 66.0 Å². The molecule has 0 bridgehead atoms. The van der Waals surface area contributed by atoms with Gasteiger partial charge in [-0.25, -0.2) is 0 Å². The number of ketones is 1. The van der Waals surface area contributed by atoms with Crippen LogP contribution in [0.3, 0.4) is 0 Å². The third kappa shape index (κ3) is 2.55. The molecule has 0 aliphatic carbocycles. The molecule has 0 atom stereocenters. The molecule has 18 heavy (non-hydrogen) atoms. The van der Waals surface area contributed by atoms with Crippen molar-refractivity contribution in [2.24, 2.45) is 0 Å². The molecule has 1 heterocycles. The minimum Gasteiger partial charge on any atom is -0.507 e. The highest BCUT2D eigenvalue weighted by atomic mass is 16.3. The predicted molar refractivity (Wildman–Crippen MR) is 67.3 cm³/mol. The Morgan fingerprint density at radius 1 is 1.11 bits per heavy atom. The Kier molecular flexibility index (Phi) is 3.38. The Morgan fingerprint density at radius 3 is 2.44 bits per heavy atom. The highest BCUT2D eigenvalue weighted by Gasteiger charge is 2.09. The largest absolute Gasteiger partial charge is 0.507 e. The fraction of sp³-hybridized carbons (Fsp3) is 0. The van der Waals surface area contributed by atoms with E-state index >= 15 is 0 Å². The van der Waals surface area contributed by atoms with Crippen LogP contribution in [-0.4, -0.2) is 21.0 Å². The van der Waals surface area contributed by atoms with Gasteiger partial charge in [-0.2, -0.15) is 0 Å². The van der Waals surface area contributed by atoms with Gasteiger partial charge in [0.2, 0.25) is 0 Å². The van der Waals surface area contributed by atoms with E-state index in [9.17, 15) is 15.0 Å². The van der Waals surface area contributed by atoms with Crippen molar-refractivity contribution in [3.8, 4) is 5.75 Å². The van der Waals surface area contributed by atoms with Crippen LogP contribution in [0, 0.1) is 0 Å². The summed E-state index contributed by atoms with van der Waals surface area (Å²) in [6.45, 7) is 0. The van der Waals surface area contributed by atoms with E-state index in [1.54, 1.807) is 24.3 Å². The van der Waals surface area contributed by atoms with Gasteiger partial charge in [-0.3, -0.25) is 9.78 Å². The molecule has 90 valence electrons. The standard InChI is InChI=1S/C14H11NO3/c16-12-4-2-1-3-11(12)14(18)9-13(17)10-5-7-15-8-6-10/h1-9,16-17H. The molecule has 0 spiro atoms. The van der Waals surface area contributed by atoms with Gasteiger partial charge in [-0.15, -0.1) is 0 Å². The number of benzene rings is 1. The monoisotopic (exact) mass is 241 g/mol. The molecule has 1 aromatic carbocycles. The molecule has 4 nitrogen and oxygen atoms in total. The molecule has 0 aliphatic heterocycles. The minimum atomic E-state index is -0.456. The molecular weight excluding hydrogens is 230 g/mol. The summed E-state index contributed by atoms with van der Waals surface area (Å²) in [6.07, 6.45) is 4.11. The van der Waals surface area contributed by atoms with E-state index in [-0.39, 0.29) is 17.1 Å². The lowest BCUT2D eigenvalue weighted by molar-refractivity contribution is 0.104. The van der Waals surface area contributed by atoms with Crippen molar-refractivity contribution in [2.45, 2.75) is 0 Å². The van der Waals surface area contributed by atoms with Crippen molar-refractivity contribution in [3.63, 3.8) is 0 Å². The Bertz CT molecular complexity index is 591. The molecule has 2 aromatic rings. The summed E-state index contributed by atoms with van der Waals surface area (Å²) < 4.78 is 0. The van der Waals surface area contributed by atoms with Crippen molar-refractivity contribution in [1.29, 1.82) is 0 Å². The normalized spacial score (nSPS) is 11.2. The average Bonchev–Trinajstić information content (AvgIpc) is 2.40. The van der Waals surface area contributed by atoms with E-state index in [4.69, 9.17) is 0 Å².